The van der Waals surface area contributed by atoms with E-state index in [4.69, 9.17) is 21.7 Å². The molecule has 0 spiro atoms. The molecular formula is C19H16IN3O3S. The van der Waals surface area contributed by atoms with Gasteiger partial charge in [0.1, 0.15) is 0 Å². The van der Waals surface area contributed by atoms with Gasteiger partial charge in [-0.3, -0.25) is 4.79 Å². The van der Waals surface area contributed by atoms with Gasteiger partial charge in [0.25, 0.3) is 5.91 Å². The van der Waals surface area contributed by atoms with Crippen LogP contribution in [0.15, 0.2) is 53.7 Å². The normalized spacial score (nSPS) is 18.0. The van der Waals surface area contributed by atoms with Crippen molar-refractivity contribution in [1.29, 1.82) is 0 Å². The highest BCUT2D eigenvalue weighted by Crippen LogP contribution is 2.37. The van der Waals surface area contributed by atoms with E-state index in [1.165, 1.54) is 0 Å². The van der Waals surface area contributed by atoms with E-state index in [2.05, 4.69) is 38.5 Å². The molecule has 138 valence electrons. The van der Waals surface area contributed by atoms with Crippen LogP contribution in [-0.2, 0) is 4.79 Å². The van der Waals surface area contributed by atoms with Crippen molar-refractivity contribution < 1.29 is 14.3 Å². The molecule has 0 unspecified atom stereocenters. The zero-order chi connectivity index (χ0) is 19.0. The van der Waals surface area contributed by atoms with Crippen LogP contribution in [0.2, 0.25) is 0 Å². The van der Waals surface area contributed by atoms with E-state index in [1.807, 2.05) is 49.4 Å². The number of allylic oxidation sites excluding steroid dienone is 1. The van der Waals surface area contributed by atoms with Crippen LogP contribution in [0.25, 0.3) is 0 Å². The Kier molecular flexibility index (Phi) is 4.92. The average Bonchev–Trinajstić information content (AvgIpc) is 3.10. The summed E-state index contributed by atoms with van der Waals surface area (Å²) >= 11 is 7.52. The smallest absolute Gasteiger partial charge is 0.255 e. The van der Waals surface area contributed by atoms with Gasteiger partial charge < -0.3 is 25.4 Å². The summed E-state index contributed by atoms with van der Waals surface area (Å²) in [6.07, 6.45) is 0. The van der Waals surface area contributed by atoms with Gasteiger partial charge >= 0.3 is 0 Å². The van der Waals surface area contributed by atoms with Crippen LogP contribution >= 0.6 is 34.8 Å². The van der Waals surface area contributed by atoms with Gasteiger partial charge in [-0.25, -0.2) is 0 Å². The second-order valence-electron chi connectivity index (χ2n) is 6.14. The van der Waals surface area contributed by atoms with Crippen LogP contribution in [-0.4, -0.2) is 17.8 Å². The summed E-state index contributed by atoms with van der Waals surface area (Å²) in [5.41, 5.74) is 2.89. The first-order valence-electron chi connectivity index (χ1n) is 8.26. The average molecular weight is 493 g/mol. The lowest BCUT2D eigenvalue weighted by atomic mass is 9.94. The fourth-order valence-corrected chi connectivity index (χ4v) is 3.70. The summed E-state index contributed by atoms with van der Waals surface area (Å²) in [6.45, 7) is 2.04. The zero-order valence-corrected chi connectivity index (χ0v) is 17.3. The second-order valence-corrected chi connectivity index (χ2v) is 7.80. The molecule has 1 atom stereocenters. The topological polar surface area (TPSA) is 71.6 Å². The van der Waals surface area contributed by atoms with E-state index in [9.17, 15) is 4.79 Å². The number of ether oxygens (including phenoxy) is 2. The molecule has 2 aliphatic rings. The van der Waals surface area contributed by atoms with E-state index in [1.54, 1.807) is 0 Å². The predicted molar refractivity (Wildman–Crippen MR) is 115 cm³/mol. The number of benzene rings is 2. The van der Waals surface area contributed by atoms with E-state index in [0.717, 1.165) is 14.8 Å². The standard InChI is InChI=1S/C19H16IN3O3S/c1-10-16(18(24)22-13-5-3-12(20)4-6-13)17(23-19(27)21-10)11-2-7-14-15(8-11)26-9-25-14/h2-8,17H,9H2,1H3,(H,22,24)(H2,21,23,27)/t17-/m0/s1. The molecule has 1 amide bonds. The molecule has 0 fully saturated rings. The fourth-order valence-electron chi connectivity index (χ4n) is 3.07. The number of anilines is 1. The van der Waals surface area contributed by atoms with Gasteiger partial charge in [0, 0.05) is 15.0 Å². The minimum atomic E-state index is -0.392. The molecule has 27 heavy (non-hydrogen) atoms. The van der Waals surface area contributed by atoms with Crippen molar-refractivity contribution in [1.82, 2.24) is 10.6 Å². The predicted octanol–water partition coefficient (Wildman–Crippen LogP) is 3.45. The van der Waals surface area contributed by atoms with Gasteiger partial charge in [-0.2, -0.15) is 0 Å². The van der Waals surface area contributed by atoms with Gasteiger partial charge in [0.15, 0.2) is 16.6 Å². The highest BCUT2D eigenvalue weighted by Gasteiger charge is 2.31. The van der Waals surface area contributed by atoms with Gasteiger partial charge in [0.2, 0.25) is 6.79 Å². The maximum absolute atomic E-state index is 13.0. The maximum atomic E-state index is 13.0. The third-order valence-electron chi connectivity index (χ3n) is 4.35. The Morgan fingerprint density at radius 3 is 2.70 bits per heavy atom. The van der Waals surface area contributed by atoms with E-state index < -0.39 is 6.04 Å². The minimum Gasteiger partial charge on any atom is -0.454 e. The lowest BCUT2D eigenvalue weighted by Crippen LogP contribution is -2.45. The molecule has 2 heterocycles. The Labute approximate surface area is 175 Å². The lowest BCUT2D eigenvalue weighted by Gasteiger charge is -2.30. The molecule has 0 saturated carbocycles. The van der Waals surface area contributed by atoms with E-state index >= 15 is 0 Å². The van der Waals surface area contributed by atoms with Crippen molar-refractivity contribution in [3.63, 3.8) is 0 Å². The monoisotopic (exact) mass is 493 g/mol. The number of halogens is 1. The quantitative estimate of drug-likeness (QED) is 0.450. The Morgan fingerprint density at radius 2 is 1.93 bits per heavy atom. The number of thiocarbonyl (C=S) groups is 1. The van der Waals surface area contributed by atoms with E-state index in [-0.39, 0.29) is 12.7 Å². The number of hydrogen-bond donors (Lipinski definition) is 3. The molecular weight excluding hydrogens is 477 g/mol. The Morgan fingerprint density at radius 1 is 1.19 bits per heavy atom. The third kappa shape index (κ3) is 3.72. The molecule has 0 aromatic heterocycles. The minimum absolute atomic E-state index is 0.195. The molecule has 2 aromatic rings. The molecule has 2 aliphatic heterocycles. The second kappa shape index (κ2) is 7.35. The van der Waals surface area contributed by atoms with Crippen LogP contribution < -0.4 is 25.4 Å². The Bertz CT molecular complexity index is 959. The molecule has 0 bridgehead atoms. The Hall–Kier alpha value is -2.33. The van der Waals surface area contributed by atoms with Crippen molar-refractivity contribution in [3.8, 4) is 11.5 Å². The van der Waals surface area contributed by atoms with E-state index in [0.29, 0.717) is 27.9 Å². The fraction of sp³-hybridized carbons (Fsp3) is 0.158. The van der Waals surface area contributed by atoms with Crippen molar-refractivity contribution in [2.75, 3.05) is 12.1 Å². The van der Waals surface area contributed by atoms with Gasteiger partial charge in [-0.1, -0.05) is 6.07 Å². The van der Waals surface area contributed by atoms with Gasteiger partial charge in [0.05, 0.1) is 11.6 Å². The molecule has 3 N–H and O–H groups in total. The maximum Gasteiger partial charge on any atom is 0.255 e. The van der Waals surface area contributed by atoms with Crippen LogP contribution in [0.5, 0.6) is 11.5 Å². The summed E-state index contributed by atoms with van der Waals surface area (Å²) in [5.74, 6) is 1.16. The highest BCUT2D eigenvalue weighted by atomic mass is 127. The molecule has 2 aromatic carbocycles. The van der Waals surface area contributed by atoms with Crippen LogP contribution in [0, 0.1) is 3.57 Å². The van der Waals surface area contributed by atoms with Crippen molar-refractivity contribution >= 4 is 51.5 Å². The number of carbonyl (C=O) groups is 1. The number of rotatable bonds is 3. The number of carbonyl (C=O) groups excluding carboxylic acids is 1. The summed E-state index contributed by atoms with van der Waals surface area (Å²) in [7, 11) is 0. The van der Waals surface area contributed by atoms with Crippen molar-refractivity contribution in [2.24, 2.45) is 0 Å². The number of hydrogen-bond acceptors (Lipinski definition) is 4. The first-order valence-corrected chi connectivity index (χ1v) is 9.75. The largest absolute Gasteiger partial charge is 0.454 e. The number of nitrogens with one attached hydrogen (secondary N) is 3. The molecule has 8 heteroatoms. The summed E-state index contributed by atoms with van der Waals surface area (Å²) in [4.78, 5) is 13.0. The molecule has 0 radical (unpaired) electrons. The third-order valence-corrected chi connectivity index (χ3v) is 5.28. The van der Waals surface area contributed by atoms with Crippen molar-refractivity contribution in [3.05, 3.63) is 62.9 Å². The highest BCUT2D eigenvalue weighted by molar-refractivity contribution is 14.1. The summed E-state index contributed by atoms with van der Waals surface area (Å²) in [6, 6.07) is 12.9. The SMILES string of the molecule is CC1=C(C(=O)Nc2ccc(I)cc2)[C@H](c2ccc3c(c2)OCO3)NC(=S)N1. The molecule has 0 saturated heterocycles. The van der Waals surface area contributed by atoms with Crippen LogP contribution in [0.1, 0.15) is 18.5 Å². The molecule has 4 rings (SSSR count). The Balaban J connectivity index is 1.67. The first-order chi connectivity index (χ1) is 13.0. The lowest BCUT2D eigenvalue weighted by molar-refractivity contribution is -0.113. The summed E-state index contributed by atoms with van der Waals surface area (Å²) in [5, 5.41) is 9.65. The molecule has 0 aliphatic carbocycles. The van der Waals surface area contributed by atoms with Crippen molar-refractivity contribution in [2.45, 2.75) is 13.0 Å². The molecule has 6 nitrogen and oxygen atoms in total. The van der Waals surface area contributed by atoms with Gasteiger partial charge in [-0.05, 0) is 83.7 Å². The summed E-state index contributed by atoms with van der Waals surface area (Å²) < 4.78 is 11.9. The number of fused-ring (bicyclic) bond motifs is 1. The zero-order valence-electron chi connectivity index (χ0n) is 14.3. The van der Waals surface area contributed by atoms with Gasteiger partial charge in [-0.15, -0.1) is 0 Å². The first kappa shape index (κ1) is 18.1. The van der Waals surface area contributed by atoms with Crippen LogP contribution in [0.3, 0.4) is 0 Å². The van der Waals surface area contributed by atoms with Crippen LogP contribution in [0.4, 0.5) is 5.69 Å². The number of amides is 1.